The SMILES string of the molecule is COC(=O)c1ccc(NC(=O)CCNC(=O)CCl)cc1. The topological polar surface area (TPSA) is 84.5 Å². The Kier molecular flexibility index (Phi) is 6.52. The first-order valence-corrected chi connectivity index (χ1v) is 6.41. The average molecular weight is 299 g/mol. The zero-order valence-corrected chi connectivity index (χ0v) is 11.7. The molecule has 20 heavy (non-hydrogen) atoms. The second-order valence-corrected chi connectivity index (χ2v) is 4.12. The van der Waals surface area contributed by atoms with Crippen LogP contribution in [0.2, 0.25) is 0 Å². The molecule has 0 bridgehead atoms. The Morgan fingerprint density at radius 1 is 1.15 bits per heavy atom. The van der Waals surface area contributed by atoms with Crippen LogP contribution in [0.5, 0.6) is 0 Å². The molecule has 7 heteroatoms. The Labute approximate surface area is 121 Å². The normalized spacial score (nSPS) is 9.70. The molecule has 0 radical (unpaired) electrons. The first kappa shape index (κ1) is 16.0. The highest BCUT2D eigenvalue weighted by atomic mass is 35.5. The fraction of sp³-hybridized carbons (Fsp3) is 0.308. The first-order valence-electron chi connectivity index (χ1n) is 5.87. The quantitative estimate of drug-likeness (QED) is 0.609. The third kappa shape index (κ3) is 5.27. The van der Waals surface area contributed by atoms with Gasteiger partial charge in [-0.25, -0.2) is 4.79 Å². The lowest BCUT2D eigenvalue weighted by atomic mass is 10.2. The van der Waals surface area contributed by atoms with Gasteiger partial charge in [-0.05, 0) is 24.3 Å². The third-order valence-corrected chi connectivity index (χ3v) is 2.63. The summed E-state index contributed by atoms with van der Waals surface area (Å²) in [6, 6.07) is 6.30. The Balaban J connectivity index is 2.42. The van der Waals surface area contributed by atoms with Crippen molar-refractivity contribution in [3.8, 4) is 0 Å². The molecule has 0 heterocycles. The van der Waals surface area contributed by atoms with Gasteiger partial charge in [0.15, 0.2) is 0 Å². The highest BCUT2D eigenvalue weighted by molar-refractivity contribution is 6.27. The van der Waals surface area contributed by atoms with Crippen molar-refractivity contribution in [2.24, 2.45) is 0 Å². The van der Waals surface area contributed by atoms with Gasteiger partial charge in [0, 0.05) is 18.7 Å². The van der Waals surface area contributed by atoms with Crippen molar-refractivity contribution < 1.29 is 19.1 Å². The highest BCUT2D eigenvalue weighted by Gasteiger charge is 2.06. The van der Waals surface area contributed by atoms with Crippen LogP contribution >= 0.6 is 11.6 Å². The molecule has 0 unspecified atom stereocenters. The van der Waals surface area contributed by atoms with Crippen molar-refractivity contribution in [3.63, 3.8) is 0 Å². The molecule has 6 nitrogen and oxygen atoms in total. The van der Waals surface area contributed by atoms with Gasteiger partial charge in [-0.1, -0.05) is 0 Å². The minimum atomic E-state index is -0.438. The molecule has 1 rings (SSSR count). The van der Waals surface area contributed by atoms with Crippen molar-refractivity contribution in [2.45, 2.75) is 6.42 Å². The Morgan fingerprint density at radius 2 is 1.80 bits per heavy atom. The zero-order chi connectivity index (χ0) is 15.0. The number of hydrogen-bond acceptors (Lipinski definition) is 4. The largest absolute Gasteiger partial charge is 0.465 e. The molecule has 0 atom stereocenters. The van der Waals surface area contributed by atoms with Gasteiger partial charge < -0.3 is 15.4 Å². The third-order valence-electron chi connectivity index (χ3n) is 2.39. The van der Waals surface area contributed by atoms with Crippen LogP contribution in [-0.4, -0.2) is 37.3 Å². The number of anilines is 1. The smallest absolute Gasteiger partial charge is 0.337 e. The van der Waals surface area contributed by atoms with Crippen molar-refractivity contribution in [3.05, 3.63) is 29.8 Å². The monoisotopic (exact) mass is 298 g/mol. The number of alkyl halides is 1. The van der Waals surface area contributed by atoms with Crippen LogP contribution in [0.25, 0.3) is 0 Å². The summed E-state index contributed by atoms with van der Waals surface area (Å²) in [6.45, 7) is 0.220. The van der Waals surface area contributed by atoms with E-state index >= 15 is 0 Å². The zero-order valence-electron chi connectivity index (χ0n) is 10.9. The maximum Gasteiger partial charge on any atom is 0.337 e. The maximum absolute atomic E-state index is 11.6. The Morgan fingerprint density at radius 3 is 2.35 bits per heavy atom. The first-order chi connectivity index (χ1) is 9.56. The fourth-order valence-electron chi connectivity index (χ4n) is 1.39. The minimum Gasteiger partial charge on any atom is -0.465 e. The molecule has 0 fully saturated rings. The molecule has 0 aliphatic rings. The van der Waals surface area contributed by atoms with Crippen LogP contribution in [-0.2, 0) is 14.3 Å². The number of halogens is 1. The summed E-state index contributed by atoms with van der Waals surface area (Å²) in [5.41, 5.74) is 0.964. The van der Waals surface area contributed by atoms with Gasteiger partial charge >= 0.3 is 5.97 Å². The van der Waals surface area contributed by atoms with E-state index in [4.69, 9.17) is 11.6 Å². The number of hydrogen-bond donors (Lipinski definition) is 2. The molecule has 0 aliphatic heterocycles. The number of esters is 1. The molecule has 0 aliphatic carbocycles. The van der Waals surface area contributed by atoms with E-state index in [9.17, 15) is 14.4 Å². The van der Waals surface area contributed by atoms with Gasteiger partial charge in [0.1, 0.15) is 5.88 Å². The summed E-state index contributed by atoms with van der Waals surface area (Å²) in [4.78, 5) is 33.7. The number of benzene rings is 1. The summed E-state index contributed by atoms with van der Waals surface area (Å²) in [5.74, 6) is -1.13. The van der Waals surface area contributed by atoms with Crippen LogP contribution in [0.15, 0.2) is 24.3 Å². The number of nitrogens with one attached hydrogen (secondary N) is 2. The summed E-state index contributed by atoms with van der Waals surface area (Å²) in [5, 5.41) is 5.13. The molecule has 2 N–H and O–H groups in total. The van der Waals surface area contributed by atoms with Crippen molar-refractivity contribution in [2.75, 3.05) is 24.9 Å². The molecule has 0 saturated carbocycles. The average Bonchev–Trinajstić information content (AvgIpc) is 2.47. The molecule has 108 valence electrons. The van der Waals surface area contributed by atoms with Crippen molar-refractivity contribution in [1.82, 2.24) is 5.32 Å². The van der Waals surface area contributed by atoms with E-state index in [0.29, 0.717) is 11.3 Å². The predicted molar refractivity (Wildman–Crippen MR) is 74.8 cm³/mol. The number of ether oxygens (including phenoxy) is 1. The van der Waals surface area contributed by atoms with E-state index in [-0.39, 0.29) is 30.7 Å². The standard InChI is InChI=1S/C13H15ClN2O4/c1-20-13(19)9-2-4-10(5-3-9)16-11(17)6-7-15-12(18)8-14/h2-5H,6-8H2,1H3,(H,15,18)(H,16,17). The lowest BCUT2D eigenvalue weighted by Crippen LogP contribution is -2.28. The van der Waals surface area contributed by atoms with Crippen LogP contribution < -0.4 is 10.6 Å². The summed E-state index contributed by atoms with van der Waals surface area (Å²) >= 11 is 5.30. The minimum absolute atomic E-state index is 0.128. The Hall–Kier alpha value is -2.08. The van der Waals surface area contributed by atoms with E-state index in [1.165, 1.54) is 7.11 Å². The molecule has 0 saturated heterocycles. The number of methoxy groups -OCH3 is 1. The number of amides is 2. The Bertz CT molecular complexity index is 488. The van der Waals surface area contributed by atoms with Crippen LogP contribution in [0.1, 0.15) is 16.8 Å². The lowest BCUT2D eigenvalue weighted by molar-refractivity contribution is -0.119. The predicted octanol–water partition coefficient (Wildman–Crippen LogP) is 1.16. The van der Waals surface area contributed by atoms with Crippen LogP contribution in [0.4, 0.5) is 5.69 Å². The van der Waals surface area contributed by atoms with E-state index in [2.05, 4.69) is 15.4 Å². The molecule has 2 amide bonds. The molecule has 0 aromatic heterocycles. The van der Waals surface area contributed by atoms with Gasteiger partial charge in [0.2, 0.25) is 11.8 Å². The van der Waals surface area contributed by atoms with E-state index in [0.717, 1.165) is 0 Å². The van der Waals surface area contributed by atoms with Gasteiger partial charge in [-0.15, -0.1) is 11.6 Å². The lowest BCUT2D eigenvalue weighted by Gasteiger charge is -2.06. The second-order valence-electron chi connectivity index (χ2n) is 3.85. The summed E-state index contributed by atoms with van der Waals surface area (Å²) < 4.78 is 4.57. The molecular formula is C13H15ClN2O4. The van der Waals surface area contributed by atoms with Gasteiger partial charge in [-0.2, -0.15) is 0 Å². The van der Waals surface area contributed by atoms with Crippen LogP contribution in [0.3, 0.4) is 0 Å². The molecule has 1 aromatic carbocycles. The number of rotatable bonds is 6. The summed E-state index contributed by atoms with van der Waals surface area (Å²) in [7, 11) is 1.30. The van der Waals surface area contributed by atoms with Gasteiger partial charge in [0.05, 0.1) is 12.7 Å². The maximum atomic E-state index is 11.6. The number of carbonyl (C=O) groups is 3. The van der Waals surface area contributed by atoms with E-state index in [1.807, 2.05) is 0 Å². The van der Waals surface area contributed by atoms with Crippen molar-refractivity contribution in [1.29, 1.82) is 0 Å². The molecular weight excluding hydrogens is 284 g/mol. The molecule has 0 spiro atoms. The van der Waals surface area contributed by atoms with Crippen LogP contribution in [0, 0.1) is 0 Å². The highest BCUT2D eigenvalue weighted by Crippen LogP contribution is 2.10. The van der Waals surface area contributed by atoms with E-state index in [1.54, 1.807) is 24.3 Å². The van der Waals surface area contributed by atoms with E-state index < -0.39 is 5.97 Å². The van der Waals surface area contributed by atoms with Gasteiger partial charge in [0.25, 0.3) is 0 Å². The van der Waals surface area contributed by atoms with Gasteiger partial charge in [-0.3, -0.25) is 9.59 Å². The second kappa shape index (κ2) is 8.16. The summed E-state index contributed by atoms with van der Waals surface area (Å²) in [6.07, 6.45) is 0.140. The fourth-order valence-corrected chi connectivity index (χ4v) is 1.49. The number of carbonyl (C=O) groups excluding carboxylic acids is 3. The molecule has 1 aromatic rings. The van der Waals surface area contributed by atoms with Crippen molar-refractivity contribution >= 4 is 35.1 Å².